The van der Waals surface area contributed by atoms with E-state index >= 15 is 0 Å². The van der Waals surface area contributed by atoms with E-state index < -0.39 is 0 Å². The van der Waals surface area contributed by atoms with E-state index in [4.69, 9.17) is 17.3 Å². The summed E-state index contributed by atoms with van der Waals surface area (Å²) in [6.45, 7) is 0.659. The summed E-state index contributed by atoms with van der Waals surface area (Å²) in [7, 11) is 0. The molecule has 3 nitrogen and oxygen atoms in total. The van der Waals surface area contributed by atoms with Gasteiger partial charge in [-0.2, -0.15) is 0 Å². The van der Waals surface area contributed by atoms with Crippen molar-refractivity contribution in [1.29, 1.82) is 0 Å². The number of nitrogens with zero attached hydrogens (tertiary/aromatic N) is 1. The number of nitrogens with one attached hydrogen (secondary N) is 1. The van der Waals surface area contributed by atoms with Crippen molar-refractivity contribution >= 4 is 33.1 Å². The highest BCUT2D eigenvalue weighted by molar-refractivity contribution is 7.19. The van der Waals surface area contributed by atoms with Crippen LogP contribution in [0.5, 0.6) is 0 Å². The SMILES string of the molecule is Nc1cnc(NCc2ccccc2Cl)s1. The molecular formula is C10H10ClN3S. The van der Waals surface area contributed by atoms with Crippen LogP contribution in [-0.4, -0.2) is 4.98 Å². The molecule has 0 saturated carbocycles. The Kier molecular flexibility index (Phi) is 3.08. The van der Waals surface area contributed by atoms with E-state index in [2.05, 4.69) is 10.3 Å². The molecule has 0 bridgehead atoms. The first-order chi connectivity index (χ1) is 7.25. The van der Waals surface area contributed by atoms with Crippen LogP contribution < -0.4 is 11.1 Å². The molecule has 0 aliphatic rings. The first-order valence-corrected chi connectivity index (χ1v) is 5.64. The molecule has 78 valence electrons. The van der Waals surface area contributed by atoms with E-state index in [1.54, 1.807) is 6.20 Å². The zero-order valence-corrected chi connectivity index (χ0v) is 9.48. The zero-order chi connectivity index (χ0) is 10.7. The Morgan fingerprint density at radius 2 is 2.20 bits per heavy atom. The maximum Gasteiger partial charge on any atom is 0.184 e. The van der Waals surface area contributed by atoms with Crippen molar-refractivity contribution in [3.63, 3.8) is 0 Å². The zero-order valence-electron chi connectivity index (χ0n) is 7.90. The van der Waals surface area contributed by atoms with Crippen molar-refractivity contribution in [1.82, 2.24) is 4.98 Å². The smallest absolute Gasteiger partial charge is 0.184 e. The molecule has 1 aromatic carbocycles. The van der Waals surface area contributed by atoms with Crippen LogP contribution in [0.15, 0.2) is 30.5 Å². The maximum absolute atomic E-state index is 6.01. The molecule has 0 spiro atoms. The van der Waals surface area contributed by atoms with Gasteiger partial charge in [-0.1, -0.05) is 41.1 Å². The van der Waals surface area contributed by atoms with Crippen molar-refractivity contribution in [2.45, 2.75) is 6.54 Å². The fourth-order valence-electron chi connectivity index (χ4n) is 1.18. The van der Waals surface area contributed by atoms with E-state index in [0.717, 1.165) is 15.7 Å². The van der Waals surface area contributed by atoms with E-state index in [1.165, 1.54) is 11.3 Å². The van der Waals surface area contributed by atoms with Gasteiger partial charge >= 0.3 is 0 Å². The van der Waals surface area contributed by atoms with Crippen LogP contribution in [0.2, 0.25) is 5.02 Å². The quantitative estimate of drug-likeness (QED) is 0.866. The molecule has 0 radical (unpaired) electrons. The highest BCUT2D eigenvalue weighted by atomic mass is 35.5. The number of nitrogen functional groups attached to an aromatic ring is 1. The third-order valence-corrected chi connectivity index (χ3v) is 3.06. The molecule has 0 aliphatic heterocycles. The molecule has 1 aromatic heterocycles. The fraction of sp³-hybridized carbons (Fsp3) is 0.100. The number of benzene rings is 1. The lowest BCUT2D eigenvalue weighted by molar-refractivity contribution is 1.13. The molecule has 2 rings (SSSR count). The number of aromatic nitrogens is 1. The second-order valence-electron chi connectivity index (χ2n) is 3.01. The highest BCUT2D eigenvalue weighted by Crippen LogP contribution is 2.21. The van der Waals surface area contributed by atoms with Gasteiger partial charge in [-0.25, -0.2) is 4.98 Å². The number of halogens is 1. The summed E-state index contributed by atoms with van der Waals surface area (Å²) in [5.41, 5.74) is 6.62. The molecule has 0 aliphatic carbocycles. The third-order valence-electron chi connectivity index (χ3n) is 1.91. The lowest BCUT2D eigenvalue weighted by atomic mass is 10.2. The minimum absolute atomic E-state index is 0.659. The van der Waals surface area contributed by atoms with Gasteiger partial charge in [-0.05, 0) is 11.6 Å². The summed E-state index contributed by atoms with van der Waals surface area (Å²) in [6, 6.07) is 7.72. The second kappa shape index (κ2) is 4.51. The number of hydrogen-bond acceptors (Lipinski definition) is 4. The molecule has 0 unspecified atom stereocenters. The summed E-state index contributed by atoms with van der Waals surface area (Å²) < 4.78 is 0. The van der Waals surface area contributed by atoms with Crippen molar-refractivity contribution < 1.29 is 0 Å². The molecule has 1 heterocycles. The lowest BCUT2D eigenvalue weighted by Crippen LogP contribution is -1.98. The van der Waals surface area contributed by atoms with E-state index in [1.807, 2.05) is 24.3 Å². The summed E-state index contributed by atoms with van der Waals surface area (Å²) in [6.07, 6.45) is 1.64. The summed E-state index contributed by atoms with van der Waals surface area (Å²) in [5, 5.41) is 5.44. The minimum atomic E-state index is 0.659. The molecular weight excluding hydrogens is 230 g/mol. The van der Waals surface area contributed by atoms with E-state index in [0.29, 0.717) is 11.5 Å². The van der Waals surface area contributed by atoms with Gasteiger partial charge in [0.25, 0.3) is 0 Å². The van der Waals surface area contributed by atoms with Gasteiger partial charge in [0.05, 0.1) is 6.20 Å². The van der Waals surface area contributed by atoms with Gasteiger partial charge in [0.15, 0.2) is 5.13 Å². The van der Waals surface area contributed by atoms with Crippen LogP contribution in [-0.2, 0) is 6.54 Å². The molecule has 5 heteroatoms. The van der Waals surface area contributed by atoms with Gasteiger partial charge in [0.2, 0.25) is 0 Å². The van der Waals surface area contributed by atoms with Gasteiger partial charge in [-0.3, -0.25) is 0 Å². The van der Waals surface area contributed by atoms with Crippen LogP contribution in [0.4, 0.5) is 10.1 Å². The average Bonchev–Trinajstić information content (AvgIpc) is 2.63. The Morgan fingerprint density at radius 3 is 2.87 bits per heavy atom. The van der Waals surface area contributed by atoms with Crippen LogP contribution in [0.3, 0.4) is 0 Å². The summed E-state index contributed by atoms with van der Waals surface area (Å²) in [5.74, 6) is 0. The van der Waals surface area contributed by atoms with E-state index in [-0.39, 0.29) is 0 Å². The normalized spacial score (nSPS) is 10.2. The van der Waals surface area contributed by atoms with E-state index in [9.17, 15) is 0 Å². The van der Waals surface area contributed by atoms with Crippen LogP contribution >= 0.6 is 22.9 Å². The number of thiazole rings is 1. The van der Waals surface area contributed by atoms with Gasteiger partial charge in [-0.15, -0.1) is 0 Å². The average molecular weight is 240 g/mol. The largest absolute Gasteiger partial charge is 0.389 e. The Balaban J connectivity index is 2.02. The third kappa shape index (κ3) is 2.61. The second-order valence-corrected chi connectivity index (χ2v) is 4.48. The number of hydrogen-bond donors (Lipinski definition) is 2. The monoisotopic (exact) mass is 239 g/mol. The first-order valence-electron chi connectivity index (χ1n) is 4.44. The fourth-order valence-corrected chi connectivity index (χ4v) is 1.96. The highest BCUT2D eigenvalue weighted by Gasteiger charge is 2.01. The molecule has 3 N–H and O–H groups in total. The summed E-state index contributed by atoms with van der Waals surface area (Å²) >= 11 is 7.44. The molecule has 0 fully saturated rings. The van der Waals surface area contributed by atoms with Gasteiger partial charge in [0.1, 0.15) is 5.00 Å². The Morgan fingerprint density at radius 1 is 1.40 bits per heavy atom. The van der Waals surface area contributed by atoms with Crippen LogP contribution in [0, 0.1) is 0 Å². The number of nitrogens with two attached hydrogens (primary N) is 1. The van der Waals surface area contributed by atoms with Crippen LogP contribution in [0.25, 0.3) is 0 Å². The molecule has 0 atom stereocenters. The lowest BCUT2D eigenvalue weighted by Gasteiger charge is -2.04. The van der Waals surface area contributed by atoms with Gasteiger partial charge in [0, 0.05) is 11.6 Å². The van der Waals surface area contributed by atoms with Crippen molar-refractivity contribution in [3.05, 3.63) is 41.0 Å². The Hall–Kier alpha value is -1.26. The molecule has 15 heavy (non-hydrogen) atoms. The standard InChI is InChI=1S/C10H10ClN3S/c11-8-4-2-1-3-7(8)5-13-10-14-6-9(12)15-10/h1-4,6H,5,12H2,(H,13,14). The van der Waals surface area contributed by atoms with Gasteiger partial charge < -0.3 is 11.1 Å². The van der Waals surface area contributed by atoms with Crippen molar-refractivity contribution in [3.8, 4) is 0 Å². The predicted molar refractivity (Wildman–Crippen MR) is 65.3 cm³/mol. The molecule has 2 aromatic rings. The molecule has 0 amide bonds. The first kappa shape index (κ1) is 10.3. The summed E-state index contributed by atoms with van der Waals surface area (Å²) in [4.78, 5) is 4.10. The predicted octanol–water partition coefficient (Wildman–Crippen LogP) is 2.99. The molecule has 0 saturated heterocycles. The van der Waals surface area contributed by atoms with Crippen LogP contribution in [0.1, 0.15) is 5.56 Å². The number of rotatable bonds is 3. The van der Waals surface area contributed by atoms with Crippen molar-refractivity contribution in [2.75, 3.05) is 11.1 Å². The Bertz CT molecular complexity index is 455. The Labute approximate surface area is 96.9 Å². The number of anilines is 2. The van der Waals surface area contributed by atoms with Crippen molar-refractivity contribution in [2.24, 2.45) is 0 Å². The minimum Gasteiger partial charge on any atom is -0.389 e. The topological polar surface area (TPSA) is 50.9 Å². The maximum atomic E-state index is 6.01.